The Balaban J connectivity index is 1.65. The minimum Gasteiger partial charge on any atom is -0.488 e. The average Bonchev–Trinajstić information content (AvgIpc) is 2.73. The van der Waals surface area contributed by atoms with Crippen LogP contribution in [0.5, 0.6) is 5.75 Å². The van der Waals surface area contributed by atoms with E-state index in [1.807, 2.05) is 19.9 Å². The van der Waals surface area contributed by atoms with Crippen molar-refractivity contribution in [2.24, 2.45) is 0 Å². The second kappa shape index (κ2) is 8.67. The van der Waals surface area contributed by atoms with Gasteiger partial charge in [-0.25, -0.2) is 14.4 Å². The molecule has 0 aliphatic carbocycles. The average molecular weight is 397 g/mol. The summed E-state index contributed by atoms with van der Waals surface area (Å²) in [6.07, 6.45) is 3.21. The molecule has 1 aromatic carbocycles. The van der Waals surface area contributed by atoms with E-state index in [9.17, 15) is 4.39 Å². The lowest BCUT2D eigenvalue weighted by Crippen LogP contribution is -2.42. The van der Waals surface area contributed by atoms with Crippen molar-refractivity contribution in [3.8, 4) is 17.0 Å². The van der Waals surface area contributed by atoms with E-state index in [1.54, 1.807) is 24.5 Å². The van der Waals surface area contributed by atoms with Crippen LogP contribution in [0, 0.1) is 5.82 Å². The molecule has 8 heteroatoms. The Morgan fingerprint density at radius 3 is 2.90 bits per heavy atom. The van der Waals surface area contributed by atoms with Crippen LogP contribution < -0.4 is 15.4 Å². The Hall–Kier alpha value is -2.84. The molecule has 3 heterocycles. The summed E-state index contributed by atoms with van der Waals surface area (Å²) in [6.45, 7) is 6.63. The van der Waals surface area contributed by atoms with E-state index in [2.05, 4.69) is 20.6 Å². The van der Waals surface area contributed by atoms with Gasteiger partial charge in [-0.1, -0.05) is 0 Å². The fraction of sp³-hybridized carbons (Fsp3) is 0.381. The van der Waals surface area contributed by atoms with Gasteiger partial charge in [0.15, 0.2) is 17.4 Å². The Kier molecular flexibility index (Phi) is 5.82. The molecule has 29 heavy (non-hydrogen) atoms. The summed E-state index contributed by atoms with van der Waals surface area (Å²) < 4.78 is 25.7. The Morgan fingerprint density at radius 2 is 2.14 bits per heavy atom. The topological polar surface area (TPSA) is 81.2 Å². The van der Waals surface area contributed by atoms with Crippen molar-refractivity contribution < 1.29 is 13.9 Å². The fourth-order valence-electron chi connectivity index (χ4n) is 3.21. The van der Waals surface area contributed by atoms with Crippen LogP contribution in [0.1, 0.15) is 13.8 Å². The van der Waals surface area contributed by atoms with Gasteiger partial charge in [0, 0.05) is 37.6 Å². The van der Waals surface area contributed by atoms with Crippen LogP contribution >= 0.6 is 0 Å². The molecule has 0 amide bonds. The smallest absolute Gasteiger partial charge is 0.165 e. The van der Waals surface area contributed by atoms with E-state index >= 15 is 0 Å². The van der Waals surface area contributed by atoms with Gasteiger partial charge in [-0.15, -0.1) is 0 Å². The van der Waals surface area contributed by atoms with Crippen molar-refractivity contribution in [1.29, 1.82) is 0 Å². The number of hydrogen-bond acceptors (Lipinski definition) is 7. The predicted molar refractivity (Wildman–Crippen MR) is 110 cm³/mol. The largest absolute Gasteiger partial charge is 0.488 e. The number of rotatable bonds is 6. The van der Waals surface area contributed by atoms with Crippen LogP contribution in [-0.4, -0.2) is 53.4 Å². The molecule has 0 saturated carbocycles. The molecule has 1 atom stereocenters. The highest BCUT2D eigenvalue weighted by molar-refractivity contribution is 5.88. The molecule has 1 aliphatic rings. The van der Waals surface area contributed by atoms with Crippen molar-refractivity contribution in [3.05, 3.63) is 42.5 Å². The summed E-state index contributed by atoms with van der Waals surface area (Å²) in [5.74, 6) is 0.403. The molecular weight excluding hydrogens is 373 g/mol. The van der Waals surface area contributed by atoms with Crippen LogP contribution in [0.3, 0.4) is 0 Å². The molecular formula is C21H24FN5O2. The quantitative estimate of drug-likeness (QED) is 0.662. The second-order valence-electron chi connectivity index (χ2n) is 7.17. The molecule has 1 saturated heterocycles. The Labute approximate surface area is 168 Å². The zero-order chi connectivity index (χ0) is 20.2. The first kappa shape index (κ1) is 19.5. The van der Waals surface area contributed by atoms with E-state index in [-0.39, 0.29) is 18.0 Å². The molecule has 152 valence electrons. The zero-order valence-corrected chi connectivity index (χ0v) is 16.5. The number of nitrogens with one attached hydrogen (secondary N) is 2. The third-order valence-electron chi connectivity index (χ3n) is 4.55. The number of hydrogen-bond donors (Lipinski definition) is 2. The first-order valence-corrected chi connectivity index (χ1v) is 9.74. The third-order valence-corrected chi connectivity index (χ3v) is 4.55. The summed E-state index contributed by atoms with van der Waals surface area (Å²) in [7, 11) is 0. The van der Waals surface area contributed by atoms with Crippen molar-refractivity contribution in [2.45, 2.75) is 26.1 Å². The maximum atomic E-state index is 14.5. The first-order valence-electron chi connectivity index (χ1n) is 9.74. The number of morpholine rings is 1. The van der Waals surface area contributed by atoms with E-state index in [0.717, 1.165) is 13.1 Å². The van der Waals surface area contributed by atoms with Gasteiger partial charge in [0.1, 0.15) is 5.52 Å². The number of nitrogens with zero attached hydrogens (tertiary/aromatic N) is 3. The molecule has 4 rings (SSSR count). The third kappa shape index (κ3) is 4.60. The number of fused-ring (bicyclic) bond motifs is 1. The lowest BCUT2D eigenvalue weighted by atomic mass is 10.1. The van der Waals surface area contributed by atoms with Gasteiger partial charge < -0.3 is 20.1 Å². The minimum absolute atomic E-state index is 0.0471. The summed E-state index contributed by atoms with van der Waals surface area (Å²) in [5, 5.41) is 6.63. The monoisotopic (exact) mass is 397 g/mol. The lowest BCUT2D eigenvalue weighted by molar-refractivity contribution is 0.0372. The predicted octanol–water partition coefficient (Wildman–Crippen LogP) is 3.02. The summed E-state index contributed by atoms with van der Waals surface area (Å²) in [6, 6.07) is 6.66. The molecule has 2 N–H and O–H groups in total. The highest BCUT2D eigenvalue weighted by Gasteiger charge is 2.16. The van der Waals surface area contributed by atoms with Crippen molar-refractivity contribution in [1.82, 2.24) is 20.3 Å². The van der Waals surface area contributed by atoms with Crippen molar-refractivity contribution >= 4 is 16.9 Å². The van der Waals surface area contributed by atoms with Gasteiger partial charge >= 0.3 is 0 Å². The molecule has 1 unspecified atom stereocenters. The SMILES string of the molecule is CC(C)Oc1ccc(-c2cc3nccnc3c(NCC3CNCCO3)n2)cc1F. The number of pyridine rings is 1. The number of aromatic nitrogens is 3. The van der Waals surface area contributed by atoms with Crippen molar-refractivity contribution in [3.63, 3.8) is 0 Å². The summed E-state index contributed by atoms with van der Waals surface area (Å²) in [4.78, 5) is 13.5. The molecule has 1 aliphatic heterocycles. The van der Waals surface area contributed by atoms with E-state index in [4.69, 9.17) is 14.5 Å². The molecule has 3 aromatic rings. The minimum atomic E-state index is -0.423. The fourth-order valence-corrected chi connectivity index (χ4v) is 3.21. The molecule has 0 bridgehead atoms. The van der Waals surface area contributed by atoms with Gasteiger partial charge in [-0.2, -0.15) is 0 Å². The van der Waals surface area contributed by atoms with Crippen molar-refractivity contribution in [2.75, 3.05) is 31.6 Å². The molecule has 0 radical (unpaired) electrons. The van der Waals surface area contributed by atoms with Crippen LogP contribution in [0.15, 0.2) is 36.7 Å². The van der Waals surface area contributed by atoms with Crippen LogP contribution in [0.4, 0.5) is 10.2 Å². The van der Waals surface area contributed by atoms with Gasteiger partial charge in [0.25, 0.3) is 0 Å². The van der Waals surface area contributed by atoms with Crippen LogP contribution in [0.25, 0.3) is 22.3 Å². The highest BCUT2D eigenvalue weighted by atomic mass is 19.1. The molecule has 2 aromatic heterocycles. The van der Waals surface area contributed by atoms with Crippen LogP contribution in [-0.2, 0) is 4.74 Å². The normalized spacial score (nSPS) is 16.9. The molecule has 1 fully saturated rings. The van der Waals surface area contributed by atoms with Gasteiger partial charge in [0.2, 0.25) is 0 Å². The van der Waals surface area contributed by atoms with Gasteiger partial charge in [0.05, 0.1) is 30.0 Å². The molecule has 7 nitrogen and oxygen atoms in total. The summed E-state index contributed by atoms with van der Waals surface area (Å²) >= 11 is 0. The first-order chi connectivity index (χ1) is 14.1. The maximum absolute atomic E-state index is 14.5. The standard InChI is InChI=1S/C21H24FN5O2/c1-13(2)29-19-4-3-14(9-16(19)22)17-10-18-20(25-6-5-24-18)21(27-17)26-12-15-11-23-7-8-28-15/h3-6,9-10,13,15,23H,7-8,11-12H2,1-2H3,(H,26,27). The van der Waals surface area contributed by atoms with Gasteiger partial charge in [-0.05, 0) is 38.1 Å². The van der Waals surface area contributed by atoms with Crippen LogP contribution in [0.2, 0.25) is 0 Å². The Bertz CT molecular complexity index is 992. The Morgan fingerprint density at radius 1 is 1.28 bits per heavy atom. The number of halogens is 1. The maximum Gasteiger partial charge on any atom is 0.165 e. The van der Waals surface area contributed by atoms with E-state index in [1.165, 1.54) is 6.07 Å². The summed E-state index contributed by atoms with van der Waals surface area (Å²) in [5.41, 5.74) is 2.61. The highest BCUT2D eigenvalue weighted by Crippen LogP contribution is 2.29. The van der Waals surface area contributed by atoms with E-state index < -0.39 is 5.82 Å². The number of benzene rings is 1. The number of anilines is 1. The lowest BCUT2D eigenvalue weighted by Gasteiger charge is -2.24. The van der Waals surface area contributed by atoms with E-state index in [0.29, 0.717) is 41.3 Å². The number of ether oxygens (including phenoxy) is 2. The second-order valence-corrected chi connectivity index (χ2v) is 7.17. The molecule has 0 spiro atoms. The van der Waals surface area contributed by atoms with Gasteiger partial charge in [-0.3, -0.25) is 4.98 Å². The zero-order valence-electron chi connectivity index (χ0n) is 16.5.